The highest BCUT2D eigenvalue weighted by atomic mass is 32.2. The molecule has 1 aliphatic heterocycles. The molecule has 1 unspecified atom stereocenters. The second-order valence-electron chi connectivity index (χ2n) is 8.37. The molecule has 2 fully saturated rings. The third kappa shape index (κ3) is 4.64. The van der Waals surface area contributed by atoms with Gasteiger partial charge in [-0.25, -0.2) is 8.42 Å². The van der Waals surface area contributed by atoms with Crippen LogP contribution in [0.1, 0.15) is 50.9 Å². The summed E-state index contributed by atoms with van der Waals surface area (Å²) in [5.74, 6) is 0.172. The van der Waals surface area contributed by atoms with Crippen LogP contribution in [0.25, 0.3) is 0 Å². The van der Waals surface area contributed by atoms with Crippen molar-refractivity contribution in [1.82, 2.24) is 14.1 Å². The lowest BCUT2D eigenvalue weighted by Gasteiger charge is -2.34. The minimum Gasteiger partial charge on any atom is -0.340 e. The molecule has 1 aromatic carbocycles. The summed E-state index contributed by atoms with van der Waals surface area (Å²) in [5.41, 5.74) is 0.410. The van der Waals surface area contributed by atoms with Crippen molar-refractivity contribution in [3.05, 3.63) is 29.8 Å². The molecule has 7 nitrogen and oxygen atoms in total. The van der Waals surface area contributed by atoms with Gasteiger partial charge in [-0.2, -0.15) is 4.31 Å². The Morgan fingerprint density at radius 3 is 2.21 bits per heavy atom. The van der Waals surface area contributed by atoms with Crippen molar-refractivity contribution >= 4 is 21.8 Å². The lowest BCUT2D eigenvalue weighted by Crippen LogP contribution is -2.50. The Morgan fingerprint density at radius 2 is 1.69 bits per heavy atom. The van der Waals surface area contributed by atoms with Gasteiger partial charge in [-0.15, -0.1) is 0 Å². The molecule has 1 atom stereocenters. The first-order valence-electron chi connectivity index (χ1n) is 10.3. The third-order valence-corrected chi connectivity index (χ3v) is 7.88. The topological polar surface area (TPSA) is 78.0 Å². The maximum absolute atomic E-state index is 13.2. The Balaban J connectivity index is 1.81. The number of hydrogen-bond donors (Lipinski definition) is 0. The van der Waals surface area contributed by atoms with Crippen LogP contribution in [0.5, 0.6) is 0 Å². The highest BCUT2D eigenvalue weighted by molar-refractivity contribution is 7.89. The van der Waals surface area contributed by atoms with Crippen molar-refractivity contribution in [3.63, 3.8) is 0 Å². The summed E-state index contributed by atoms with van der Waals surface area (Å²) < 4.78 is 27.6. The number of carbonyl (C=O) groups is 2. The predicted molar refractivity (Wildman–Crippen MR) is 111 cm³/mol. The van der Waals surface area contributed by atoms with E-state index >= 15 is 0 Å². The molecule has 1 aliphatic carbocycles. The number of benzene rings is 1. The zero-order chi connectivity index (χ0) is 21.3. The molecule has 160 valence electrons. The number of carbonyl (C=O) groups excluding carboxylic acids is 2. The molecule has 1 aromatic rings. The summed E-state index contributed by atoms with van der Waals surface area (Å²) in [4.78, 5) is 28.4. The molecular weight excluding hydrogens is 390 g/mol. The number of amides is 2. The summed E-state index contributed by atoms with van der Waals surface area (Å²) >= 11 is 0. The number of nitrogens with zero attached hydrogens (tertiary/aromatic N) is 3. The SMILES string of the molecule is CC(=O)N1CCN(S(=O)(=O)c2cccc(C(=O)N(C3CC3)C(C)C(C)C)c2)CC1. The molecule has 2 aliphatic rings. The minimum atomic E-state index is -3.71. The summed E-state index contributed by atoms with van der Waals surface area (Å²) in [7, 11) is -3.71. The molecule has 8 heteroatoms. The third-order valence-electron chi connectivity index (χ3n) is 5.98. The minimum absolute atomic E-state index is 0.0471. The molecule has 3 rings (SSSR count). The second-order valence-corrected chi connectivity index (χ2v) is 10.3. The van der Waals surface area contributed by atoms with Crippen LogP contribution in [-0.4, -0.2) is 72.6 Å². The van der Waals surface area contributed by atoms with Crippen LogP contribution in [0.15, 0.2) is 29.2 Å². The summed E-state index contributed by atoms with van der Waals surface area (Å²) in [6.07, 6.45) is 2.00. The van der Waals surface area contributed by atoms with Crippen molar-refractivity contribution in [1.29, 1.82) is 0 Å². The molecular formula is C21H31N3O4S. The van der Waals surface area contributed by atoms with E-state index in [1.165, 1.54) is 23.4 Å². The fourth-order valence-corrected chi connectivity index (χ4v) is 5.16. The van der Waals surface area contributed by atoms with E-state index in [2.05, 4.69) is 20.8 Å². The predicted octanol–water partition coefficient (Wildman–Crippen LogP) is 2.19. The number of rotatable bonds is 6. The molecule has 0 spiro atoms. The Bertz CT molecular complexity index is 872. The largest absolute Gasteiger partial charge is 0.340 e. The molecule has 1 saturated carbocycles. The molecule has 1 heterocycles. The van der Waals surface area contributed by atoms with E-state index in [9.17, 15) is 18.0 Å². The second kappa shape index (κ2) is 8.44. The van der Waals surface area contributed by atoms with Crippen molar-refractivity contribution in [2.45, 2.75) is 57.5 Å². The number of piperazine rings is 1. The van der Waals surface area contributed by atoms with E-state index in [1.807, 2.05) is 4.90 Å². The smallest absolute Gasteiger partial charge is 0.254 e. The maximum Gasteiger partial charge on any atom is 0.254 e. The number of sulfonamides is 1. The van der Waals surface area contributed by atoms with E-state index in [1.54, 1.807) is 17.0 Å². The van der Waals surface area contributed by atoms with Gasteiger partial charge in [0, 0.05) is 50.7 Å². The van der Waals surface area contributed by atoms with Gasteiger partial charge in [0.2, 0.25) is 15.9 Å². The van der Waals surface area contributed by atoms with Gasteiger partial charge in [0.05, 0.1) is 4.90 Å². The molecule has 0 radical (unpaired) electrons. The zero-order valence-corrected chi connectivity index (χ0v) is 18.5. The first-order chi connectivity index (χ1) is 13.6. The van der Waals surface area contributed by atoms with Gasteiger partial charge < -0.3 is 9.80 Å². The Morgan fingerprint density at radius 1 is 1.07 bits per heavy atom. The fraction of sp³-hybridized carbons (Fsp3) is 0.619. The molecule has 1 saturated heterocycles. The Labute approximate surface area is 173 Å². The van der Waals surface area contributed by atoms with Crippen molar-refractivity contribution in [2.75, 3.05) is 26.2 Å². The van der Waals surface area contributed by atoms with E-state index in [0.29, 0.717) is 24.6 Å². The normalized spacial score (nSPS) is 19.3. The van der Waals surface area contributed by atoms with Crippen molar-refractivity contribution in [3.8, 4) is 0 Å². The van der Waals surface area contributed by atoms with Gasteiger partial charge in [-0.1, -0.05) is 19.9 Å². The van der Waals surface area contributed by atoms with Crippen LogP contribution < -0.4 is 0 Å². The average molecular weight is 422 g/mol. The van der Waals surface area contributed by atoms with Crippen molar-refractivity contribution < 1.29 is 18.0 Å². The average Bonchev–Trinajstić information content (AvgIpc) is 3.53. The lowest BCUT2D eigenvalue weighted by atomic mass is 10.0. The monoisotopic (exact) mass is 421 g/mol. The lowest BCUT2D eigenvalue weighted by molar-refractivity contribution is -0.129. The maximum atomic E-state index is 13.2. The van der Waals surface area contributed by atoms with E-state index in [4.69, 9.17) is 0 Å². The van der Waals surface area contributed by atoms with Crippen LogP contribution in [-0.2, 0) is 14.8 Å². The highest BCUT2D eigenvalue weighted by Gasteiger charge is 2.37. The summed E-state index contributed by atoms with van der Waals surface area (Å²) in [6.45, 7) is 9.02. The van der Waals surface area contributed by atoms with Gasteiger partial charge in [0.25, 0.3) is 5.91 Å². The molecule has 29 heavy (non-hydrogen) atoms. The van der Waals surface area contributed by atoms with E-state index in [-0.39, 0.29) is 41.9 Å². The standard InChI is InChI=1S/C21H31N3O4S/c1-15(2)16(3)24(19-8-9-19)21(26)18-6-5-7-20(14-18)29(27,28)23-12-10-22(11-13-23)17(4)25/h5-7,14-16,19H,8-13H2,1-4H3. The van der Waals surface area contributed by atoms with Gasteiger partial charge in [0.15, 0.2) is 0 Å². The first-order valence-corrected chi connectivity index (χ1v) is 11.8. The Kier molecular flexibility index (Phi) is 6.33. The Hall–Kier alpha value is -1.93. The first kappa shape index (κ1) is 21.8. The molecule has 0 aromatic heterocycles. The zero-order valence-electron chi connectivity index (χ0n) is 17.7. The summed E-state index contributed by atoms with van der Waals surface area (Å²) in [6, 6.07) is 6.71. The molecule has 2 amide bonds. The fourth-order valence-electron chi connectivity index (χ4n) is 3.69. The highest BCUT2D eigenvalue weighted by Crippen LogP contribution is 2.32. The van der Waals surface area contributed by atoms with Crippen LogP contribution in [0.4, 0.5) is 0 Å². The van der Waals surface area contributed by atoms with Gasteiger partial charge in [-0.3, -0.25) is 9.59 Å². The van der Waals surface area contributed by atoms with Gasteiger partial charge in [-0.05, 0) is 43.9 Å². The van der Waals surface area contributed by atoms with E-state index in [0.717, 1.165) is 12.8 Å². The van der Waals surface area contributed by atoms with Gasteiger partial charge >= 0.3 is 0 Å². The van der Waals surface area contributed by atoms with Crippen LogP contribution >= 0.6 is 0 Å². The molecule has 0 N–H and O–H groups in total. The van der Waals surface area contributed by atoms with E-state index < -0.39 is 10.0 Å². The quantitative estimate of drug-likeness (QED) is 0.705. The van der Waals surface area contributed by atoms with Crippen LogP contribution in [0.3, 0.4) is 0 Å². The van der Waals surface area contributed by atoms with Crippen LogP contribution in [0, 0.1) is 5.92 Å². The summed E-state index contributed by atoms with van der Waals surface area (Å²) in [5, 5.41) is 0. The van der Waals surface area contributed by atoms with Crippen molar-refractivity contribution in [2.24, 2.45) is 5.92 Å². The molecule has 0 bridgehead atoms. The number of hydrogen-bond acceptors (Lipinski definition) is 4. The van der Waals surface area contributed by atoms with Gasteiger partial charge in [0.1, 0.15) is 0 Å². The van der Waals surface area contributed by atoms with Crippen LogP contribution in [0.2, 0.25) is 0 Å².